The van der Waals surface area contributed by atoms with Crippen LogP contribution in [0.2, 0.25) is 0 Å². The van der Waals surface area contributed by atoms with Crippen molar-refractivity contribution in [2.24, 2.45) is 0 Å². The van der Waals surface area contributed by atoms with E-state index in [4.69, 9.17) is 0 Å². The van der Waals surface area contributed by atoms with Crippen molar-refractivity contribution in [3.05, 3.63) is 34.4 Å². The zero-order chi connectivity index (χ0) is 18.1. The first-order chi connectivity index (χ1) is 11.1. The molecular formula is C10H8F6N6O2. The molecule has 0 unspecified atom stereocenters. The Morgan fingerprint density at radius 2 is 2.00 bits per heavy atom. The van der Waals surface area contributed by atoms with E-state index in [1.807, 2.05) is 0 Å². The third-order valence-electron chi connectivity index (χ3n) is 2.88. The topological polar surface area (TPSA) is 91.7 Å². The molecule has 0 bridgehead atoms. The molecule has 0 fully saturated rings. The molecule has 0 saturated heterocycles. The fraction of sp³-hybridized carbons (Fsp3) is 0.500. The van der Waals surface area contributed by atoms with Crippen molar-refractivity contribution in [1.82, 2.24) is 24.5 Å². The van der Waals surface area contributed by atoms with Gasteiger partial charge in [-0.3, -0.25) is 14.8 Å². The Morgan fingerprint density at radius 3 is 2.50 bits per heavy atom. The van der Waals surface area contributed by atoms with Gasteiger partial charge in [0.15, 0.2) is 5.82 Å². The van der Waals surface area contributed by atoms with Gasteiger partial charge in [0.05, 0.1) is 4.92 Å². The maximum Gasteiger partial charge on any atom is 0.406 e. The Hall–Kier alpha value is -2.67. The summed E-state index contributed by atoms with van der Waals surface area (Å²) in [6.45, 7) is -1.57. The number of alkyl halides is 5. The van der Waals surface area contributed by atoms with E-state index < -0.39 is 54.0 Å². The molecule has 0 spiro atoms. The van der Waals surface area contributed by atoms with Gasteiger partial charge < -0.3 is 4.57 Å². The maximum atomic E-state index is 13.4. The second-order valence-corrected chi connectivity index (χ2v) is 4.62. The van der Waals surface area contributed by atoms with Crippen LogP contribution in [-0.2, 0) is 6.54 Å². The molecule has 8 nitrogen and oxygen atoms in total. The largest absolute Gasteiger partial charge is 0.406 e. The summed E-state index contributed by atoms with van der Waals surface area (Å²) in [6, 6.07) is -1.67. The Bertz CT molecular complexity index is 726. The van der Waals surface area contributed by atoms with Gasteiger partial charge in [0.2, 0.25) is 6.43 Å². The molecule has 0 aliphatic heterocycles. The molecule has 2 aromatic rings. The summed E-state index contributed by atoms with van der Waals surface area (Å²) in [5.74, 6) is -2.13. The van der Waals surface area contributed by atoms with Crippen molar-refractivity contribution in [3.8, 4) is 0 Å². The molecule has 0 amide bonds. The van der Waals surface area contributed by atoms with Crippen LogP contribution in [0.15, 0.2) is 12.5 Å². The van der Waals surface area contributed by atoms with Gasteiger partial charge in [0, 0.05) is 6.42 Å². The Morgan fingerprint density at radius 1 is 1.33 bits per heavy atom. The van der Waals surface area contributed by atoms with E-state index in [0.717, 1.165) is 0 Å². The van der Waals surface area contributed by atoms with E-state index in [0.29, 0.717) is 21.8 Å². The smallest absolute Gasteiger partial charge is 0.307 e. The van der Waals surface area contributed by atoms with Crippen LogP contribution in [0.1, 0.15) is 18.3 Å². The van der Waals surface area contributed by atoms with Crippen LogP contribution in [0.3, 0.4) is 0 Å². The quantitative estimate of drug-likeness (QED) is 0.449. The van der Waals surface area contributed by atoms with E-state index in [-0.39, 0.29) is 0 Å². The van der Waals surface area contributed by atoms with E-state index in [1.165, 1.54) is 0 Å². The molecule has 24 heavy (non-hydrogen) atoms. The lowest BCUT2D eigenvalue weighted by Crippen LogP contribution is -2.24. The third-order valence-corrected chi connectivity index (χ3v) is 2.88. The molecule has 2 aromatic heterocycles. The number of hydrogen-bond donors (Lipinski definition) is 0. The van der Waals surface area contributed by atoms with E-state index in [2.05, 4.69) is 15.3 Å². The molecule has 2 rings (SSSR count). The molecule has 132 valence electrons. The van der Waals surface area contributed by atoms with Crippen LogP contribution >= 0.6 is 0 Å². The lowest BCUT2D eigenvalue weighted by Gasteiger charge is -2.18. The highest BCUT2D eigenvalue weighted by molar-refractivity contribution is 5.24. The fourth-order valence-electron chi connectivity index (χ4n) is 1.98. The normalized spacial score (nSPS) is 13.5. The minimum Gasteiger partial charge on any atom is -0.307 e. The van der Waals surface area contributed by atoms with E-state index >= 15 is 0 Å². The van der Waals surface area contributed by atoms with Gasteiger partial charge in [-0.25, -0.2) is 8.78 Å². The molecule has 0 saturated carbocycles. The highest BCUT2D eigenvalue weighted by Gasteiger charge is 2.33. The zero-order valence-corrected chi connectivity index (χ0v) is 11.5. The molecule has 14 heteroatoms. The lowest BCUT2D eigenvalue weighted by molar-refractivity contribution is -0.387. The molecule has 1 atom stereocenters. The Kier molecular flexibility index (Phi) is 4.75. The van der Waals surface area contributed by atoms with Crippen molar-refractivity contribution < 1.29 is 31.3 Å². The molecule has 0 aliphatic carbocycles. The Labute approximate surface area is 128 Å². The highest BCUT2D eigenvalue weighted by atomic mass is 19.4. The van der Waals surface area contributed by atoms with Gasteiger partial charge >= 0.3 is 17.8 Å². The summed E-state index contributed by atoms with van der Waals surface area (Å²) in [7, 11) is 0. The summed E-state index contributed by atoms with van der Waals surface area (Å²) in [5.41, 5.74) is -1.10. The summed E-state index contributed by atoms with van der Waals surface area (Å²) in [6.07, 6.45) is -7.62. The summed E-state index contributed by atoms with van der Waals surface area (Å²) in [4.78, 5) is 9.46. The summed E-state index contributed by atoms with van der Waals surface area (Å²) in [5, 5.41) is 20.3. The van der Waals surface area contributed by atoms with Crippen molar-refractivity contribution >= 4 is 5.69 Å². The zero-order valence-electron chi connectivity index (χ0n) is 11.5. The predicted octanol–water partition coefficient (Wildman–Crippen LogP) is 2.33. The standard InChI is InChI=1S/C10H8F6N6O2/c11-7(12)1-5(21-2-6(22(23)24)8(13)19-21)9-18-17-4-20(9)3-10(14,15)16/h2,4-5,7H,1,3H2/t5-/m0/s1. The van der Waals surface area contributed by atoms with E-state index in [1.54, 1.807) is 0 Å². The van der Waals surface area contributed by atoms with Gasteiger partial charge in [-0.2, -0.15) is 17.6 Å². The first kappa shape index (κ1) is 17.7. The van der Waals surface area contributed by atoms with Crippen molar-refractivity contribution in [2.75, 3.05) is 0 Å². The van der Waals surface area contributed by atoms with Crippen LogP contribution in [0.4, 0.5) is 32.0 Å². The lowest BCUT2D eigenvalue weighted by atomic mass is 10.2. The minimum atomic E-state index is -4.69. The van der Waals surface area contributed by atoms with Gasteiger partial charge in [-0.05, 0) is 0 Å². The Balaban J connectivity index is 2.45. The molecule has 2 heterocycles. The van der Waals surface area contributed by atoms with Gasteiger partial charge in [0.25, 0.3) is 0 Å². The molecule has 0 aliphatic rings. The van der Waals surface area contributed by atoms with Gasteiger partial charge in [-0.15, -0.1) is 15.3 Å². The molecule has 0 radical (unpaired) electrons. The number of nitrogens with zero attached hydrogens (tertiary/aromatic N) is 6. The number of hydrogen-bond acceptors (Lipinski definition) is 5. The molecule has 0 aromatic carbocycles. The van der Waals surface area contributed by atoms with Gasteiger partial charge in [-0.1, -0.05) is 0 Å². The third kappa shape index (κ3) is 3.99. The molecular weight excluding hydrogens is 350 g/mol. The number of nitro groups is 1. The maximum absolute atomic E-state index is 13.4. The monoisotopic (exact) mass is 358 g/mol. The second kappa shape index (κ2) is 6.45. The van der Waals surface area contributed by atoms with Crippen LogP contribution in [-0.4, -0.2) is 42.1 Å². The predicted molar refractivity (Wildman–Crippen MR) is 63.7 cm³/mol. The number of rotatable bonds is 6. The van der Waals surface area contributed by atoms with Crippen molar-refractivity contribution in [1.29, 1.82) is 0 Å². The number of halogens is 6. The average Bonchev–Trinajstić information content (AvgIpc) is 3.00. The SMILES string of the molecule is O=[N+]([O-])c1cn([C@@H](CC(F)F)c2nncn2CC(F)(F)F)nc1F. The first-order valence-corrected chi connectivity index (χ1v) is 6.20. The van der Waals surface area contributed by atoms with Crippen molar-refractivity contribution in [2.45, 2.75) is 31.6 Å². The molecule has 0 N–H and O–H groups in total. The summed E-state index contributed by atoms with van der Waals surface area (Å²) < 4.78 is 77.3. The van der Waals surface area contributed by atoms with Crippen LogP contribution in [0.5, 0.6) is 0 Å². The van der Waals surface area contributed by atoms with Crippen molar-refractivity contribution in [3.63, 3.8) is 0 Å². The van der Waals surface area contributed by atoms with Crippen LogP contribution < -0.4 is 0 Å². The fourth-order valence-corrected chi connectivity index (χ4v) is 1.98. The average molecular weight is 358 g/mol. The van der Waals surface area contributed by atoms with Gasteiger partial charge in [0.1, 0.15) is 25.1 Å². The van der Waals surface area contributed by atoms with Crippen LogP contribution in [0.25, 0.3) is 0 Å². The van der Waals surface area contributed by atoms with Crippen LogP contribution in [0, 0.1) is 16.1 Å². The summed E-state index contributed by atoms with van der Waals surface area (Å²) >= 11 is 0. The second-order valence-electron chi connectivity index (χ2n) is 4.62. The van der Waals surface area contributed by atoms with E-state index in [9.17, 15) is 36.5 Å². The first-order valence-electron chi connectivity index (χ1n) is 6.20. The minimum absolute atomic E-state index is 0.441. The highest BCUT2D eigenvalue weighted by Crippen LogP contribution is 2.28. The number of aromatic nitrogens is 5.